The lowest BCUT2D eigenvalue weighted by molar-refractivity contribution is -0.141. The maximum atomic E-state index is 10.6. The van der Waals surface area contributed by atoms with Gasteiger partial charge in [-0.05, 0) is 99.2 Å². The Bertz CT molecular complexity index is 774. The van der Waals surface area contributed by atoms with Gasteiger partial charge in [0, 0.05) is 11.6 Å². The third-order valence-corrected chi connectivity index (χ3v) is 10.1. The van der Waals surface area contributed by atoms with Gasteiger partial charge in [-0.25, -0.2) is 0 Å². The van der Waals surface area contributed by atoms with Crippen molar-refractivity contribution in [1.29, 1.82) is 5.41 Å². The minimum atomic E-state index is -0.438. The molecular weight excluding hydrogens is 360 g/mol. The first kappa shape index (κ1) is 19.7. The summed E-state index contributed by atoms with van der Waals surface area (Å²) in [6.45, 7) is 7.69. The highest BCUT2D eigenvalue weighted by Gasteiger charge is 2.62. The molecule has 5 heteroatoms. The maximum absolute atomic E-state index is 10.6. The van der Waals surface area contributed by atoms with Crippen molar-refractivity contribution in [1.82, 2.24) is 15.0 Å². The van der Waals surface area contributed by atoms with Gasteiger partial charge in [-0.2, -0.15) is 15.0 Å². The van der Waals surface area contributed by atoms with Crippen molar-refractivity contribution in [3.05, 3.63) is 12.4 Å². The average Bonchev–Trinajstić information content (AvgIpc) is 3.28. The van der Waals surface area contributed by atoms with Crippen molar-refractivity contribution in [2.45, 2.75) is 90.7 Å². The highest BCUT2D eigenvalue weighted by Crippen LogP contribution is 2.69. The lowest BCUT2D eigenvalue weighted by atomic mass is 9.43. The van der Waals surface area contributed by atoms with Crippen LogP contribution in [0.2, 0.25) is 0 Å². The van der Waals surface area contributed by atoms with Crippen molar-refractivity contribution >= 4 is 5.71 Å². The van der Waals surface area contributed by atoms with Gasteiger partial charge in [-0.15, -0.1) is 0 Å². The molecule has 1 aromatic heterocycles. The Morgan fingerprint density at radius 2 is 1.72 bits per heavy atom. The number of hydrogen-bond donors (Lipinski definition) is 2. The predicted octanol–water partition coefficient (Wildman–Crippen LogP) is 4.71. The van der Waals surface area contributed by atoms with Crippen LogP contribution in [0.1, 0.15) is 78.6 Å². The summed E-state index contributed by atoms with van der Waals surface area (Å²) >= 11 is 0. The molecule has 4 aliphatic rings. The molecule has 8 atom stereocenters. The molecule has 0 spiro atoms. The lowest BCUT2D eigenvalue weighted by Gasteiger charge is -2.62. The van der Waals surface area contributed by atoms with Crippen molar-refractivity contribution < 1.29 is 5.11 Å². The third kappa shape index (κ3) is 3.02. The molecule has 0 radical (unpaired) electrons. The smallest absolute Gasteiger partial charge is 0.0985 e. The molecule has 0 unspecified atom stereocenters. The van der Waals surface area contributed by atoms with Gasteiger partial charge >= 0.3 is 0 Å². The average molecular weight is 399 g/mol. The molecule has 4 aliphatic carbocycles. The molecule has 0 amide bonds. The Balaban J connectivity index is 1.37. The second kappa shape index (κ2) is 6.63. The number of aromatic nitrogens is 3. The van der Waals surface area contributed by atoms with Crippen LogP contribution in [-0.4, -0.2) is 31.4 Å². The van der Waals surface area contributed by atoms with E-state index >= 15 is 0 Å². The van der Waals surface area contributed by atoms with Crippen LogP contribution in [0.25, 0.3) is 0 Å². The number of nitrogens with zero attached hydrogens (tertiary/aromatic N) is 3. The minimum Gasteiger partial charge on any atom is -0.390 e. The van der Waals surface area contributed by atoms with E-state index in [-0.39, 0.29) is 5.41 Å². The zero-order valence-corrected chi connectivity index (χ0v) is 18.4. The van der Waals surface area contributed by atoms with E-state index in [1.165, 1.54) is 38.5 Å². The summed E-state index contributed by atoms with van der Waals surface area (Å²) in [5, 5.41) is 28.0. The first-order valence-corrected chi connectivity index (χ1v) is 11.9. The molecule has 0 aliphatic heterocycles. The second-order valence-electron chi connectivity index (χ2n) is 11.6. The normalized spacial score (nSPS) is 49.2. The van der Waals surface area contributed by atoms with E-state index in [9.17, 15) is 5.11 Å². The first-order chi connectivity index (χ1) is 13.7. The lowest BCUT2D eigenvalue weighted by Crippen LogP contribution is -2.56. The van der Waals surface area contributed by atoms with Crippen molar-refractivity contribution in [2.75, 3.05) is 0 Å². The summed E-state index contributed by atoms with van der Waals surface area (Å²) in [6, 6.07) is 0. The van der Waals surface area contributed by atoms with E-state index in [0.29, 0.717) is 17.9 Å². The zero-order valence-electron chi connectivity index (χ0n) is 18.4. The maximum Gasteiger partial charge on any atom is 0.0985 e. The second-order valence-corrected chi connectivity index (χ2v) is 11.6. The molecule has 1 heterocycles. The van der Waals surface area contributed by atoms with Crippen LogP contribution in [0.5, 0.6) is 0 Å². The molecule has 0 saturated heterocycles. The Morgan fingerprint density at radius 1 is 1.00 bits per heavy atom. The monoisotopic (exact) mass is 398 g/mol. The van der Waals surface area contributed by atoms with Crippen LogP contribution in [0, 0.1) is 45.8 Å². The zero-order chi connectivity index (χ0) is 20.4. The molecule has 1 aromatic rings. The summed E-state index contributed by atoms with van der Waals surface area (Å²) < 4.78 is 0. The Morgan fingerprint density at radius 3 is 2.48 bits per heavy atom. The van der Waals surface area contributed by atoms with Crippen LogP contribution < -0.4 is 0 Å². The van der Waals surface area contributed by atoms with E-state index in [1.54, 1.807) is 17.2 Å². The van der Waals surface area contributed by atoms with Gasteiger partial charge < -0.3 is 10.5 Å². The fourth-order valence-electron chi connectivity index (χ4n) is 8.82. The standard InChI is InChI=1S/C24H38N4O/c1-22(29)9-7-17-16(14-22)6-10-23(2)18(17)8-11-24(3)19(4-5-21(23)24)20(25)15-28-26-12-13-27-28/h12-13,16-19,21,25,29H,4-11,14-15H2,1-3H3/t16-,17-,18+,19+,21-,22+,23+,24+/m0/s1. The van der Waals surface area contributed by atoms with E-state index < -0.39 is 5.60 Å². The van der Waals surface area contributed by atoms with Crippen LogP contribution in [-0.2, 0) is 6.54 Å². The molecule has 29 heavy (non-hydrogen) atoms. The summed E-state index contributed by atoms with van der Waals surface area (Å²) in [5.41, 5.74) is 1.06. The van der Waals surface area contributed by atoms with E-state index in [1.807, 2.05) is 0 Å². The SMILES string of the molecule is C[C@@]1(O)CC[C@H]2[C@@H](CC[C@@]3(C)[C@@H]4CC[C@H](C(=N)Cn5nccn5)[C@@]4(C)CC[C@H]23)C1. The molecule has 2 N–H and O–H groups in total. The molecule has 4 saturated carbocycles. The van der Waals surface area contributed by atoms with Crippen LogP contribution in [0.15, 0.2) is 12.4 Å². The van der Waals surface area contributed by atoms with E-state index in [0.717, 1.165) is 48.6 Å². The van der Waals surface area contributed by atoms with Gasteiger partial charge in [0.1, 0.15) is 0 Å². The molecule has 0 bridgehead atoms. The molecule has 5 rings (SSSR count). The van der Waals surface area contributed by atoms with Gasteiger partial charge in [0.2, 0.25) is 0 Å². The first-order valence-electron chi connectivity index (χ1n) is 11.9. The summed E-state index contributed by atoms with van der Waals surface area (Å²) in [6.07, 6.45) is 14.2. The number of nitrogens with one attached hydrogen (secondary N) is 1. The van der Waals surface area contributed by atoms with Gasteiger partial charge in [-0.3, -0.25) is 0 Å². The molecule has 4 fully saturated rings. The topological polar surface area (TPSA) is 74.8 Å². The van der Waals surface area contributed by atoms with Gasteiger partial charge in [0.25, 0.3) is 0 Å². The summed E-state index contributed by atoms with van der Waals surface area (Å²) in [5.74, 6) is 3.46. The molecule has 5 nitrogen and oxygen atoms in total. The van der Waals surface area contributed by atoms with Crippen LogP contribution >= 0.6 is 0 Å². The number of fused-ring (bicyclic) bond motifs is 5. The van der Waals surface area contributed by atoms with Crippen molar-refractivity contribution in [3.63, 3.8) is 0 Å². The van der Waals surface area contributed by atoms with Crippen molar-refractivity contribution in [3.8, 4) is 0 Å². The van der Waals surface area contributed by atoms with Crippen LogP contribution in [0.4, 0.5) is 0 Å². The molecular formula is C24H38N4O. The number of rotatable bonds is 3. The predicted molar refractivity (Wildman–Crippen MR) is 114 cm³/mol. The van der Waals surface area contributed by atoms with Gasteiger partial charge in [0.15, 0.2) is 0 Å². The summed E-state index contributed by atoms with van der Waals surface area (Å²) in [7, 11) is 0. The quantitative estimate of drug-likeness (QED) is 0.724. The minimum absolute atomic E-state index is 0.252. The van der Waals surface area contributed by atoms with Crippen molar-refractivity contribution in [2.24, 2.45) is 40.4 Å². The third-order valence-electron chi connectivity index (χ3n) is 10.1. The van der Waals surface area contributed by atoms with E-state index in [4.69, 9.17) is 5.41 Å². The highest BCUT2D eigenvalue weighted by molar-refractivity contribution is 5.84. The fourth-order valence-corrected chi connectivity index (χ4v) is 8.82. The number of aliphatic hydroxyl groups is 1. The van der Waals surface area contributed by atoms with Gasteiger partial charge in [0.05, 0.1) is 24.5 Å². The Kier molecular flexibility index (Phi) is 4.51. The van der Waals surface area contributed by atoms with E-state index in [2.05, 4.69) is 31.0 Å². The molecule has 0 aromatic carbocycles. The van der Waals surface area contributed by atoms with Gasteiger partial charge in [-0.1, -0.05) is 13.8 Å². The molecule has 160 valence electrons. The Labute approximate surface area is 175 Å². The van der Waals surface area contributed by atoms with Crippen LogP contribution in [0.3, 0.4) is 0 Å². The Hall–Kier alpha value is -1.23. The largest absolute Gasteiger partial charge is 0.390 e. The number of hydrogen-bond acceptors (Lipinski definition) is 4. The highest BCUT2D eigenvalue weighted by atomic mass is 16.3. The fraction of sp³-hybridized carbons (Fsp3) is 0.875. The summed E-state index contributed by atoms with van der Waals surface area (Å²) in [4.78, 5) is 1.67.